The van der Waals surface area contributed by atoms with Gasteiger partial charge in [0.15, 0.2) is 11.4 Å². The van der Waals surface area contributed by atoms with Crippen molar-refractivity contribution < 1.29 is 34.8 Å². The highest BCUT2D eigenvalue weighted by Gasteiger charge is 2.64. The van der Waals surface area contributed by atoms with Crippen molar-refractivity contribution in [1.29, 1.82) is 0 Å². The number of carbonyl (C=O) groups excluding carboxylic acids is 3. The molecule has 3 aliphatic carbocycles. The minimum atomic E-state index is -2.66. The first kappa shape index (κ1) is 25.6. The Morgan fingerprint density at radius 2 is 1.74 bits per heavy atom. The van der Waals surface area contributed by atoms with Crippen molar-refractivity contribution in [3.8, 4) is 16.9 Å². The average molecular weight is 520 g/mol. The molecule has 0 spiro atoms. The summed E-state index contributed by atoms with van der Waals surface area (Å²) in [6, 6.07) is 5.81. The van der Waals surface area contributed by atoms with E-state index in [0.29, 0.717) is 5.56 Å². The Labute approximate surface area is 218 Å². The topological polar surface area (TPSA) is 174 Å². The number of Topliss-reactive ketones (excluding diaryl/α,β-unsaturated/α-hetero) is 2. The number of rotatable bonds is 3. The van der Waals surface area contributed by atoms with Crippen LogP contribution in [-0.2, 0) is 20.8 Å². The maximum absolute atomic E-state index is 13.9. The highest BCUT2D eigenvalue weighted by Crippen LogP contribution is 2.53. The summed E-state index contributed by atoms with van der Waals surface area (Å²) in [7, 11) is 3.13. The lowest BCUT2D eigenvalue weighted by Crippen LogP contribution is -2.65. The van der Waals surface area contributed by atoms with Gasteiger partial charge in [0.05, 0.1) is 11.6 Å². The standard InChI is InChI=1S/C28H29N3O7/c1-11-7-13(8-12(2)30-11)15-5-6-18(32)20-16(15)9-14-10-17-22(31(3)4)24(34)21(27(29)37)26(36)28(17,38)25(35)19(14)23(20)33/h5-8,14,17,22,32-33,36,38H,9-10H2,1-4H3,(H2,29,37). The number of aryl methyl sites for hydroxylation is 2. The zero-order valence-electron chi connectivity index (χ0n) is 21.4. The molecular formula is C28H29N3O7. The lowest BCUT2D eigenvalue weighted by molar-refractivity contribution is -0.153. The van der Waals surface area contributed by atoms with E-state index < -0.39 is 58.0 Å². The number of phenols is 1. The monoisotopic (exact) mass is 519 g/mol. The van der Waals surface area contributed by atoms with Crippen molar-refractivity contribution in [2.75, 3.05) is 14.1 Å². The highest BCUT2D eigenvalue weighted by molar-refractivity contribution is 6.24. The fraction of sp³-hybridized carbons (Fsp3) is 0.357. The van der Waals surface area contributed by atoms with Gasteiger partial charge in [0.25, 0.3) is 5.91 Å². The minimum Gasteiger partial charge on any atom is -0.508 e. The molecule has 1 aromatic carbocycles. The third-order valence-corrected chi connectivity index (χ3v) is 8.00. The highest BCUT2D eigenvalue weighted by atomic mass is 16.3. The fourth-order valence-corrected chi connectivity index (χ4v) is 6.50. The summed E-state index contributed by atoms with van der Waals surface area (Å²) in [5.41, 5.74) is 5.51. The van der Waals surface area contributed by atoms with Crippen molar-refractivity contribution in [3.05, 3.63) is 63.7 Å². The maximum Gasteiger partial charge on any atom is 0.255 e. The van der Waals surface area contributed by atoms with Gasteiger partial charge in [-0.1, -0.05) is 6.07 Å². The van der Waals surface area contributed by atoms with Crippen molar-refractivity contribution in [3.63, 3.8) is 0 Å². The van der Waals surface area contributed by atoms with E-state index >= 15 is 0 Å². The Morgan fingerprint density at radius 3 is 2.32 bits per heavy atom. The van der Waals surface area contributed by atoms with Crippen LogP contribution in [0.15, 0.2) is 41.2 Å². The number of aliphatic hydroxyl groups is 3. The minimum absolute atomic E-state index is 0.0370. The van der Waals surface area contributed by atoms with E-state index in [1.54, 1.807) is 20.2 Å². The van der Waals surface area contributed by atoms with Crippen LogP contribution in [-0.4, -0.2) is 73.5 Å². The van der Waals surface area contributed by atoms with Crippen LogP contribution < -0.4 is 5.73 Å². The molecule has 1 amide bonds. The first-order valence-corrected chi connectivity index (χ1v) is 12.2. The first-order chi connectivity index (χ1) is 17.8. The van der Waals surface area contributed by atoms with Gasteiger partial charge in [0.1, 0.15) is 22.8 Å². The molecule has 10 nitrogen and oxygen atoms in total. The largest absolute Gasteiger partial charge is 0.508 e. The summed E-state index contributed by atoms with van der Waals surface area (Å²) in [6.07, 6.45) is 0.258. The van der Waals surface area contributed by atoms with E-state index in [-0.39, 0.29) is 29.7 Å². The lowest BCUT2D eigenvalue weighted by atomic mass is 9.57. The van der Waals surface area contributed by atoms with Crippen molar-refractivity contribution in [2.45, 2.75) is 38.3 Å². The number of pyridine rings is 1. The second-order valence-corrected chi connectivity index (χ2v) is 10.6. The van der Waals surface area contributed by atoms with Gasteiger partial charge < -0.3 is 26.2 Å². The number of aromatic hydroxyl groups is 1. The summed E-state index contributed by atoms with van der Waals surface area (Å²) < 4.78 is 0. The SMILES string of the molecule is Cc1cc(-c2ccc(O)c3c2CC2CC4C(N(C)C)C(=O)C(C(N)=O)=C(O)C4(O)C(=O)C2=C3O)cc(C)n1. The van der Waals surface area contributed by atoms with Gasteiger partial charge in [0, 0.05) is 22.9 Å². The third-order valence-electron chi connectivity index (χ3n) is 8.00. The molecule has 1 aromatic heterocycles. The summed E-state index contributed by atoms with van der Waals surface area (Å²) in [6.45, 7) is 3.72. The van der Waals surface area contributed by atoms with Crippen LogP contribution >= 0.6 is 0 Å². The molecule has 38 heavy (non-hydrogen) atoms. The fourth-order valence-electron chi connectivity index (χ4n) is 6.50. The quantitative estimate of drug-likeness (QED) is 0.378. The molecule has 10 heteroatoms. The molecule has 6 N–H and O–H groups in total. The van der Waals surface area contributed by atoms with Gasteiger partial charge in [-0.2, -0.15) is 0 Å². The molecule has 1 heterocycles. The second-order valence-electron chi connectivity index (χ2n) is 10.6. The number of nitrogens with zero attached hydrogens (tertiary/aromatic N) is 2. The van der Waals surface area contributed by atoms with Crippen molar-refractivity contribution in [1.82, 2.24) is 9.88 Å². The molecule has 1 fully saturated rings. The van der Waals surface area contributed by atoms with E-state index in [1.807, 2.05) is 26.0 Å². The normalized spacial score (nSPS) is 26.8. The Bertz CT molecular complexity index is 1490. The number of likely N-dealkylation sites (N-methyl/N-ethyl adjacent to an activating group) is 1. The predicted molar refractivity (Wildman–Crippen MR) is 137 cm³/mol. The maximum atomic E-state index is 13.9. The Balaban J connectivity index is 1.75. The third kappa shape index (κ3) is 3.40. The Hall–Kier alpha value is -4.02. The number of hydrogen-bond donors (Lipinski definition) is 5. The molecule has 0 aliphatic heterocycles. The molecule has 0 saturated heterocycles. The Kier molecular flexibility index (Phi) is 5.73. The number of phenolic OH excluding ortho intramolecular Hbond substituents is 1. The van der Waals surface area contributed by atoms with Gasteiger partial charge in [-0.05, 0) is 81.6 Å². The molecule has 0 radical (unpaired) electrons. The van der Waals surface area contributed by atoms with Gasteiger partial charge in [-0.15, -0.1) is 0 Å². The molecule has 1 saturated carbocycles. The van der Waals surface area contributed by atoms with Gasteiger partial charge in [-0.25, -0.2) is 0 Å². The number of carbonyl (C=O) groups is 3. The number of benzene rings is 1. The van der Waals surface area contributed by atoms with E-state index in [2.05, 4.69) is 4.98 Å². The lowest BCUT2D eigenvalue weighted by Gasteiger charge is -2.50. The van der Waals surface area contributed by atoms with Crippen molar-refractivity contribution in [2.24, 2.45) is 17.6 Å². The smallest absolute Gasteiger partial charge is 0.255 e. The zero-order valence-corrected chi connectivity index (χ0v) is 21.4. The number of aliphatic hydroxyl groups excluding tert-OH is 2. The van der Waals surface area contributed by atoms with E-state index in [4.69, 9.17) is 5.73 Å². The number of nitrogens with two attached hydrogens (primary N) is 1. The van der Waals surface area contributed by atoms with Crippen LogP contribution in [0, 0.1) is 25.7 Å². The summed E-state index contributed by atoms with van der Waals surface area (Å²) >= 11 is 0. The molecule has 4 atom stereocenters. The van der Waals surface area contributed by atoms with Gasteiger partial charge in [0.2, 0.25) is 5.78 Å². The summed E-state index contributed by atoms with van der Waals surface area (Å²) in [5, 5.41) is 44.7. The second kappa shape index (κ2) is 8.50. The molecular weight excluding hydrogens is 490 g/mol. The van der Waals surface area contributed by atoms with Crippen LogP contribution in [0.1, 0.15) is 28.9 Å². The van der Waals surface area contributed by atoms with E-state index in [1.165, 1.54) is 11.0 Å². The number of aromatic nitrogens is 1. The number of primary amides is 1. The first-order valence-electron chi connectivity index (χ1n) is 12.2. The van der Waals surface area contributed by atoms with Crippen LogP contribution in [0.2, 0.25) is 0 Å². The van der Waals surface area contributed by atoms with Crippen LogP contribution in [0.25, 0.3) is 16.9 Å². The van der Waals surface area contributed by atoms with E-state index in [9.17, 15) is 34.8 Å². The van der Waals surface area contributed by atoms with Crippen LogP contribution in [0.4, 0.5) is 0 Å². The molecule has 5 rings (SSSR count). The molecule has 198 valence electrons. The average Bonchev–Trinajstić information content (AvgIpc) is 2.80. The van der Waals surface area contributed by atoms with Crippen molar-refractivity contribution >= 4 is 23.2 Å². The summed E-state index contributed by atoms with van der Waals surface area (Å²) in [5.74, 6) is -6.69. The van der Waals surface area contributed by atoms with Gasteiger partial charge >= 0.3 is 0 Å². The molecule has 3 aliphatic rings. The molecule has 2 aromatic rings. The number of amides is 1. The molecule has 0 bridgehead atoms. The van der Waals surface area contributed by atoms with E-state index in [0.717, 1.165) is 22.5 Å². The number of hydrogen-bond acceptors (Lipinski definition) is 9. The number of fused-ring (bicyclic) bond motifs is 3. The predicted octanol–water partition coefficient (Wildman–Crippen LogP) is 1.64. The Morgan fingerprint density at radius 1 is 1.11 bits per heavy atom. The summed E-state index contributed by atoms with van der Waals surface area (Å²) in [4.78, 5) is 45.1. The van der Waals surface area contributed by atoms with Gasteiger partial charge in [-0.3, -0.25) is 24.3 Å². The number of ketones is 2. The zero-order chi connectivity index (χ0) is 27.8. The molecule has 4 unspecified atom stereocenters. The van der Waals surface area contributed by atoms with Crippen LogP contribution in [0.5, 0.6) is 5.75 Å². The van der Waals surface area contributed by atoms with Crippen LogP contribution in [0.3, 0.4) is 0 Å².